The van der Waals surface area contributed by atoms with Crippen LogP contribution in [0.2, 0.25) is 0 Å². The standard InChI is InChI=1S/C16H19ClN4O2/c1-12-15(19-14-5-3-2-4-13(14)18-12)20-7-9-21(10-8-20)16(22)23-11-6-17/h2-5H,6-11H2,1H3. The number of hydrogen-bond acceptors (Lipinski definition) is 5. The first-order valence-electron chi connectivity index (χ1n) is 7.65. The number of ether oxygens (including phenoxy) is 1. The third kappa shape index (κ3) is 3.47. The van der Waals surface area contributed by atoms with E-state index in [9.17, 15) is 4.79 Å². The fourth-order valence-corrected chi connectivity index (χ4v) is 2.77. The van der Waals surface area contributed by atoms with Gasteiger partial charge in [-0.15, -0.1) is 11.6 Å². The van der Waals surface area contributed by atoms with Crippen LogP contribution in [-0.2, 0) is 4.74 Å². The number of para-hydroxylation sites is 2. The molecule has 122 valence electrons. The summed E-state index contributed by atoms with van der Waals surface area (Å²) in [6.07, 6.45) is -0.299. The van der Waals surface area contributed by atoms with Gasteiger partial charge in [-0.1, -0.05) is 12.1 Å². The van der Waals surface area contributed by atoms with Gasteiger partial charge < -0.3 is 14.5 Å². The van der Waals surface area contributed by atoms with Crippen molar-refractivity contribution < 1.29 is 9.53 Å². The van der Waals surface area contributed by atoms with Crippen molar-refractivity contribution in [1.82, 2.24) is 14.9 Å². The van der Waals surface area contributed by atoms with Crippen LogP contribution >= 0.6 is 11.6 Å². The zero-order valence-electron chi connectivity index (χ0n) is 13.0. The molecule has 0 unspecified atom stereocenters. The van der Waals surface area contributed by atoms with E-state index >= 15 is 0 Å². The quantitative estimate of drug-likeness (QED) is 0.807. The van der Waals surface area contributed by atoms with Crippen LogP contribution in [-0.4, -0.2) is 59.6 Å². The Morgan fingerprint density at radius 1 is 1.17 bits per heavy atom. The Kier molecular flexibility index (Phi) is 4.81. The normalized spacial score (nSPS) is 15.0. The molecule has 6 nitrogen and oxygen atoms in total. The monoisotopic (exact) mass is 334 g/mol. The van der Waals surface area contributed by atoms with Gasteiger partial charge in [0.1, 0.15) is 6.61 Å². The maximum absolute atomic E-state index is 11.8. The summed E-state index contributed by atoms with van der Waals surface area (Å²) >= 11 is 5.53. The molecule has 1 aromatic heterocycles. The van der Waals surface area contributed by atoms with Crippen molar-refractivity contribution in [2.45, 2.75) is 6.92 Å². The minimum absolute atomic E-state index is 0.246. The minimum Gasteiger partial charge on any atom is -0.448 e. The molecule has 23 heavy (non-hydrogen) atoms. The van der Waals surface area contributed by atoms with E-state index < -0.39 is 0 Å². The van der Waals surface area contributed by atoms with Crippen molar-refractivity contribution in [2.24, 2.45) is 0 Å². The third-order valence-corrected chi connectivity index (χ3v) is 4.01. The SMILES string of the molecule is Cc1nc2ccccc2nc1N1CCN(C(=O)OCCCl)CC1. The number of alkyl halides is 1. The number of rotatable bonds is 3. The van der Waals surface area contributed by atoms with Crippen molar-refractivity contribution in [3.63, 3.8) is 0 Å². The lowest BCUT2D eigenvalue weighted by atomic mass is 10.2. The number of aromatic nitrogens is 2. The average molecular weight is 335 g/mol. The maximum atomic E-state index is 11.8. The zero-order valence-corrected chi connectivity index (χ0v) is 13.8. The Morgan fingerprint density at radius 2 is 1.83 bits per heavy atom. The van der Waals surface area contributed by atoms with Gasteiger partial charge >= 0.3 is 6.09 Å². The Labute approximate surface area is 140 Å². The number of amides is 1. The number of aryl methyl sites for hydroxylation is 1. The summed E-state index contributed by atoms with van der Waals surface area (Å²) in [5.41, 5.74) is 2.69. The van der Waals surface area contributed by atoms with Crippen LogP contribution in [0.4, 0.5) is 10.6 Å². The number of benzene rings is 1. The lowest BCUT2D eigenvalue weighted by molar-refractivity contribution is 0.105. The number of carbonyl (C=O) groups is 1. The van der Waals surface area contributed by atoms with Crippen molar-refractivity contribution in [3.8, 4) is 0 Å². The van der Waals surface area contributed by atoms with Crippen molar-refractivity contribution in [1.29, 1.82) is 0 Å². The van der Waals surface area contributed by atoms with E-state index in [1.54, 1.807) is 4.90 Å². The van der Waals surface area contributed by atoms with E-state index in [1.807, 2.05) is 31.2 Å². The predicted octanol–water partition coefficient (Wildman–Crippen LogP) is 2.44. The first-order valence-corrected chi connectivity index (χ1v) is 8.18. The highest BCUT2D eigenvalue weighted by molar-refractivity contribution is 6.18. The van der Waals surface area contributed by atoms with Gasteiger partial charge in [-0.05, 0) is 19.1 Å². The number of halogens is 1. The smallest absolute Gasteiger partial charge is 0.409 e. The molecule has 0 spiro atoms. The zero-order chi connectivity index (χ0) is 16.2. The van der Waals surface area contributed by atoms with Crippen molar-refractivity contribution in [2.75, 3.05) is 43.6 Å². The number of hydrogen-bond donors (Lipinski definition) is 0. The van der Waals surface area contributed by atoms with Gasteiger partial charge in [0.15, 0.2) is 5.82 Å². The largest absolute Gasteiger partial charge is 0.448 e. The topological polar surface area (TPSA) is 58.6 Å². The van der Waals surface area contributed by atoms with E-state index in [0.29, 0.717) is 32.1 Å². The summed E-state index contributed by atoms with van der Waals surface area (Å²) in [5, 5.41) is 0. The molecule has 1 saturated heterocycles. The van der Waals surface area contributed by atoms with Gasteiger partial charge in [0.2, 0.25) is 0 Å². The van der Waals surface area contributed by atoms with Crippen molar-refractivity contribution >= 4 is 34.5 Å². The highest BCUT2D eigenvalue weighted by Gasteiger charge is 2.24. The molecule has 1 amide bonds. The Hall–Kier alpha value is -2.08. The number of piperazine rings is 1. The molecule has 0 N–H and O–H groups in total. The second-order valence-corrected chi connectivity index (χ2v) is 5.78. The summed E-state index contributed by atoms with van der Waals surface area (Å²) in [7, 11) is 0. The van der Waals surface area contributed by atoms with Crippen LogP contribution in [0.15, 0.2) is 24.3 Å². The summed E-state index contributed by atoms with van der Waals surface area (Å²) in [4.78, 5) is 25.1. The predicted molar refractivity (Wildman–Crippen MR) is 90.1 cm³/mol. The van der Waals surface area contributed by atoms with Gasteiger partial charge in [-0.3, -0.25) is 0 Å². The van der Waals surface area contributed by atoms with E-state index in [4.69, 9.17) is 21.3 Å². The highest BCUT2D eigenvalue weighted by atomic mass is 35.5. The number of anilines is 1. The van der Waals surface area contributed by atoms with Gasteiger partial charge in [-0.2, -0.15) is 0 Å². The van der Waals surface area contributed by atoms with Gasteiger partial charge in [0.05, 0.1) is 22.6 Å². The molecule has 1 aromatic carbocycles. The van der Waals surface area contributed by atoms with E-state index in [-0.39, 0.29) is 12.7 Å². The van der Waals surface area contributed by atoms with Gasteiger partial charge in [-0.25, -0.2) is 14.8 Å². The first kappa shape index (κ1) is 15.8. The highest BCUT2D eigenvalue weighted by Crippen LogP contribution is 2.21. The molecule has 1 aliphatic heterocycles. The summed E-state index contributed by atoms with van der Waals surface area (Å²) in [5.74, 6) is 1.20. The van der Waals surface area contributed by atoms with Crippen molar-refractivity contribution in [3.05, 3.63) is 30.0 Å². The summed E-state index contributed by atoms with van der Waals surface area (Å²) in [6, 6.07) is 7.84. The van der Waals surface area contributed by atoms with Crippen LogP contribution in [0, 0.1) is 6.92 Å². The molecular weight excluding hydrogens is 316 g/mol. The molecule has 7 heteroatoms. The van der Waals surface area contributed by atoms with E-state index in [1.165, 1.54) is 0 Å². The molecule has 3 rings (SSSR count). The molecule has 0 bridgehead atoms. The molecule has 1 aliphatic rings. The van der Waals surface area contributed by atoms with Crippen LogP contribution in [0.1, 0.15) is 5.69 Å². The summed E-state index contributed by atoms with van der Waals surface area (Å²) in [6.45, 7) is 4.85. The maximum Gasteiger partial charge on any atom is 0.409 e. The Bertz CT molecular complexity index is 702. The molecular formula is C16H19ClN4O2. The summed E-state index contributed by atoms with van der Waals surface area (Å²) < 4.78 is 5.06. The molecule has 0 atom stereocenters. The molecule has 2 aromatic rings. The van der Waals surface area contributed by atoms with Crippen LogP contribution in [0.25, 0.3) is 11.0 Å². The molecule has 0 radical (unpaired) electrons. The average Bonchev–Trinajstić information content (AvgIpc) is 2.59. The Morgan fingerprint density at radius 3 is 2.48 bits per heavy atom. The molecule has 0 aliphatic carbocycles. The molecule has 2 heterocycles. The second kappa shape index (κ2) is 7.00. The molecule has 0 saturated carbocycles. The lowest BCUT2D eigenvalue weighted by Gasteiger charge is -2.35. The van der Waals surface area contributed by atoms with Crippen LogP contribution in [0.5, 0.6) is 0 Å². The van der Waals surface area contributed by atoms with Gasteiger partial charge in [0, 0.05) is 26.2 Å². The number of nitrogens with zero attached hydrogens (tertiary/aromatic N) is 4. The van der Waals surface area contributed by atoms with Crippen LogP contribution in [0.3, 0.4) is 0 Å². The van der Waals surface area contributed by atoms with Gasteiger partial charge in [0.25, 0.3) is 0 Å². The first-order chi connectivity index (χ1) is 11.2. The van der Waals surface area contributed by atoms with E-state index in [2.05, 4.69) is 9.88 Å². The van der Waals surface area contributed by atoms with E-state index in [0.717, 1.165) is 22.5 Å². The Balaban J connectivity index is 1.70. The van der Waals surface area contributed by atoms with Crippen LogP contribution < -0.4 is 4.90 Å². The molecule has 1 fully saturated rings. The third-order valence-electron chi connectivity index (χ3n) is 3.86. The fourth-order valence-electron chi connectivity index (χ4n) is 2.70. The lowest BCUT2D eigenvalue weighted by Crippen LogP contribution is -2.49. The minimum atomic E-state index is -0.299. The number of fused-ring (bicyclic) bond motifs is 1. The fraction of sp³-hybridized carbons (Fsp3) is 0.438. The second-order valence-electron chi connectivity index (χ2n) is 5.40. The number of carbonyl (C=O) groups excluding carboxylic acids is 1.